The van der Waals surface area contributed by atoms with Crippen LogP contribution in [0.5, 0.6) is 0 Å². The van der Waals surface area contributed by atoms with Gasteiger partial charge in [0.05, 0.1) is 17.1 Å². The maximum atomic E-state index is 12.7. The van der Waals surface area contributed by atoms with Crippen molar-refractivity contribution in [1.82, 2.24) is 14.9 Å². The Morgan fingerprint density at radius 1 is 1.21 bits per heavy atom. The smallest absolute Gasteiger partial charge is 0.240 e. The molecule has 0 aliphatic carbocycles. The van der Waals surface area contributed by atoms with Crippen LogP contribution in [-0.4, -0.2) is 30.1 Å². The zero-order chi connectivity index (χ0) is 20.5. The Labute approximate surface area is 173 Å². The average molecular weight is 440 g/mol. The molecule has 0 spiro atoms. The van der Waals surface area contributed by atoms with Crippen molar-refractivity contribution in [2.75, 3.05) is 6.26 Å². The van der Waals surface area contributed by atoms with Gasteiger partial charge in [0.1, 0.15) is 18.1 Å². The van der Waals surface area contributed by atoms with Crippen LogP contribution in [0.2, 0.25) is 10.0 Å². The molecular weight excluding hydrogens is 421 g/mol. The van der Waals surface area contributed by atoms with E-state index >= 15 is 0 Å². The van der Waals surface area contributed by atoms with E-state index < -0.39 is 9.84 Å². The second kappa shape index (κ2) is 8.11. The summed E-state index contributed by atoms with van der Waals surface area (Å²) >= 11 is 12.1. The molecule has 0 saturated carbocycles. The maximum absolute atomic E-state index is 12.7. The molecule has 1 heterocycles. The van der Waals surface area contributed by atoms with Crippen LogP contribution in [-0.2, 0) is 26.9 Å². The number of rotatable bonds is 6. The number of nitrogens with zero attached hydrogens (tertiary/aromatic N) is 2. The molecule has 0 saturated heterocycles. The van der Waals surface area contributed by atoms with Crippen molar-refractivity contribution in [3.05, 3.63) is 63.9 Å². The Balaban J connectivity index is 1.85. The largest absolute Gasteiger partial charge is 0.348 e. The maximum Gasteiger partial charge on any atom is 0.240 e. The summed E-state index contributed by atoms with van der Waals surface area (Å²) in [5.41, 5.74) is 2.09. The molecular formula is C19H19Cl2N3O3S. The van der Waals surface area contributed by atoms with Crippen LogP contribution < -0.4 is 5.32 Å². The molecule has 1 amide bonds. The molecule has 2 aromatic carbocycles. The summed E-state index contributed by atoms with van der Waals surface area (Å²) in [7, 11) is -3.30. The summed E-state index contributed by atoms with van der Waals surface area (Å²) in [6.07, 6.45) is 1.14. The molecule has 1 atom stereocenters. The number of hydrogen-bond acceptors (Lipinski definition) is 4. The van der Waals surface area contributed by atoms with Gasteiger partial charge >= 0.3 is 0 Å². The number of hydrogen-bond donors (Lipinski definition) is 1. The normalized spacial score (nSPS) is 12.9. The zero-order valence-corrected chi connectivity index (χ0v) is 17.6. The first-order valence-corrected chi connectivity index (χ1v) is 11.3. The fourth-order valence-corrected chi connectivity index (χ4v) is 4.27. The lowest BCUT2D eigenvalue weighted by Gasteiger charge is -2.17. The molecule has 28 heavy (non-hydrogen) atoms. The Kier molecular flexibility index (Phi) is 5.98. The summed E-state index contributed by atoms with van der Waals surface area (Å²) in [5.74, 6) is -0.194. The van der Waals surface area contributed by atoms with Crippen LogP contribution in [0.3, 0.4) is 0 Å². The van der Waals surface area contributed by atoms with Crippen molar-refractivity contribution >= 4 is 50.0 Å². The molecule has 3 aromatic rings. The predicted octanol–water partition coefficient (Wildman–Crippen LogP) is 3.77. The topological polar surface area (TPSA) is 81.1 Å². The Bertz CT molecular complexity index is 1140. The number of fused-ring (bicyclic) bond motifs is 1. The minimum atomic E-state index is -3.30. The molecule has 0 fully saturated rings. The van der Waals surface area contributed by atoms with E-state index in [1.165, 1.54) is 0 Å². The van der Waals surface area contributed by atoms with Crippen molar-refractivity contribution in [2.24, 2.45) is 0 Å². The highest BCUT2D eigenvalue weighted by Crippen LogP contribution is 2.26. The Hall–Kier alpha value is -2.09. The third kappa shape index (κ3) is 4.84. The fraction of sp³-hybridized carbons (Fsp3) is 0.263. The fourth-order valence-electron chi connectivity index (χ4n) is 3.01. The van der Waals surface area contributed by atoms with Gasteiger partial charge in [-0.25, -0.2) is 13.4 Å². The van der Waals surface area contributed by atoms with Crippen LogP contribution in [0.15, 0.2) is 42.5 Å². The van der Waals surface area contributed by atoms with Crippen LogP contribution in [0.1, 0.15) is 24.4 Å². The standard InChI is InChI=1S/C19H19Cl2N3O3S/c1-12(14-8-7-13(20)9-15(14)21)22-19(25)10-24-17-6-4-3-5-16(17)23-18(24)11-28(2,26)27/h3-9,12H,10-11H2,1-2H3,(H,22,25)/t12-/m0/s1. The van der Waals surface area contributed by atoms with Crippen molar-refractivity contribution in [3.63, 3.8) is 0 Å². The second-order valence-corrected chi connectivity index (χ2v) is 9.61. The summed E-state index contributed by atoms with van der Waals surface area (Å²) in [6, 6.07) is 12.0. The van der Waals surface area contributed by atoms with Gasteiger partial charge in [-0.05, 0) is 36.8 Å². The average Bonchev–Trinajstić information content (AvgIpc) is 2.90. The van der Waals surface area contributed by atoms with Crippen molar-refractivity contribution in [1.29, 1.82) is 0 Å². The minimum absolute atomic E-state index is 0.0546. The Morgan fingerprint density at radius 3 is 2.61 bits per heavy atom. The summed E-state index contributed by atoms with van der Waals surface area (Å²) in [6.45, 7) is 1.76. The molecule has 0 aliphatic rings. The molecule has 148 valence electrons. The highest BCUT2D eigenvalue weighted by atomic mass is 35.5. The number of amides is 1. The van der Waals surface area contributed by atoms with Gasteiger partial charge in [-0.2, -0.15) is 0 Å². The molecule has 0 radical (unpaired) electrons. The number of sulfone groups is 1. The molecule has 9 heteroatoms. The molecule has 0 aliphatic heterocycles. The highest BCUT2D eigenvalue weighted by Gasteiger charge is 2.19. The first kappa shape index (κ1) is 20.6. The second-order valence-electron chi connectivity index (χ2n) is 6.63. The first-order chi connectivity index (χ1) is 13.1. The lowest BCUT2D eigenvalue weighted by molar-refractivity contribution is -0.122. The number of carbonyl (C=O) groups is 1. The van der Waals surface area contributed by atoms with E-state index in [0.29, 0.717) is 26.9 Å². The number of aromatic nitrogens is 2. The van der Waals surface area contributed by atoms with Gasteiger partial charge < -0.3 is 9.88 Å². The van der Waals surface area contributed by atoms with Gasteiger partial charge in [-0.1, -0.05) is 41.4 Å². The van der Waals surface area contributed by atoms with Crippen LogP contribution in [0.25, 0.3) is 11.0 Å². The number of halogens is 2. The van der Waals surface area contributed by atoms with Crippen LogP contribution in [0, 0.1) is 0 Å². The number of carbonyl (C=O) groups excluding carboxylic acids is 1. The third-order valence-electron chi connectivity index (χ3n) is 4.23. The molecule has 6 nitrogen and oxygen atoms in total. The first-order valence-electron chi connectivity index (χ1n) is 8.50. The van der Waals surface area contributed by atoms with E-state index in [4.69, 9.17) is 23.2 Å². The predicted molar refractivity (Wildman–Crippen MR) is 111 cm³/mol. The monoisotopic (exact) mass is 439 g/mol. The summed E-state index contributed by atoms with van der Waals surface area (Å²) in [4.78, 5) is 17.0. The molecule has 3 rings (SSSR count). The quantitative estimate of drug-likeness (QED) is 0.633. The summed E-state index contributed by atoms with van der Waals surface area (Å²) in [5, 5.41) is 3.87. The Morgan fingerprint density at radius 2 is 1.93 bits per heavy atom. The minimum Gasteiger partial charge on any atom is -0.348 e. The SMILES string of the molecule is C[C@H](NC(=O)Cn1c(CS(C)(=O)=O)nc2ccccc21)c1ccc(Cl)cc1Cl. The zero-order valence-electron chi connectivity index (χ0n) is 15.3. The van der Waals surface area contributed by atoms with Gasteiger partial charge in [0.25, 0.3) is 0 Å². The number of benzene rings is 2. The van der Waals surface area contributed by atoms with E-state index in [1.54, 1.807) is 34.9 Å². The molecule has 0 bridgehead atoms. The van der Waals surface area contributed by atoms with Gasteiger partial charge in [0.2, 0.25) is 5.91 Å². The van der Waals surface area contributed by atoms with Crippen LogP contribution >= 0.6 is 23.2 Å². The van der Waals surface area contributed by atoms with E-state index in [2.05, 4.69) is 10.3 Å². The summed E-state index contributed by atoms with van der Waals surface area (Å²) < 4.78 is 25.2. The number of para-hydroxylation sites is 2. The van der Waals surface area contributed by atoms with E-state index in [0.717, 1.165) is 11.8 Å². The molecule has 0 unspecified atom stereocenters. The van der Waals surface area contributed by atoms with Gasteiger partial charge in [0, 0.05) is 16.3 Å². The lowest BCUT2D eigenvalue weighted by Crippen LogP contribution is -2.31. The molecule has 1 N–H and O–H groups in total. The van der Waals surface area contributed by atoms with Gasteiger partial charge in [0.15, 0.2) is 9.84 Å². The van der Waals surface area contributed by atoms with Gasteiger partial charge in [-0.15, -0.1) is 0 Å². The molecule has 1 aromatic heterocycles. The van der Waals surface area contributed by atoms with Crippen molar-refractivity contribution in [2.45, 2.75) is 25.3 Å². The van der Waals surface area contributed by atoms with Crippen LogP contribution in [0.4, 0.5) is 0 Å². The van der Waals surface area contributed by atoms with Crippen molar-refractivity contribution in [3.8, 4) is 0 Å². The number of nitrogens with one attached hydrogen (secondary N) is 1. The van der Waals surface area contributed by atoms with E-state index in [9.17, 15) is 13.2 Å². The van der Waals surface area contributed by atoms with E-state index in [1.807, 2.05) is 19.1 Å². The highest BCUT2D eigenvalue weighted by molar-refractivity contribution is 7.89. The van der Waals surface area contributed by atoms with Crippen molar-refractivity contribution < 1.29 is 13.2 Å². The van der Waals surface area contributed by atoms with Gasteiger partial charge in [-0.3, -0.25) is 4.79 Å². The lowest BCUT2D eigenvalue weighted by atomic mass is 10.1. The third-order valence-corrected chi connectivity index (χ3v) is 5.58. The van der Waals surface area contributed by atoms with E-state index in [-0.39, 0.29) is 24.2 Å². The number of imidazole rings is 1.